The van der Waals surface area contributed by atoms with Gasteiger partial charge in [0.25, 0.3) is 0 Å². The van der Waals surface area contributed by atoms with Crippen molar-refractivity contribution in [3.63, 3.8) is 0 Å². The van der Waals surface area contributed by atoms with E-state index in [2.05, 4.69) is 75.5 Å². The Balaban J connectivity index is 2.22. The molecular formula is C32H53BN2O6Si. The van der Waals surface area contributed by atoms with Crippen LogP contribution in [-0.4, -0.2) is 61.6 Å². The number of benzene rings is 1. The number of alkyl carbamates (subject to hydrolysis) is 1. The zero-order valence-electron chi connectivity index (χ0n) is 28.3. The molecule has 234 valence electrons. The molecule has 2 heterocycles. The zero-order chi connectivity index (χ0) is 32.0. The Kier molecular flexibility index (Phi) is 9.77. The number of carbonyl (C=O) groups excluding carboxylic acids is 2. The van der Waals surface area contributed by atoms with Crippen molar-refractivity contribution in [1.29, 1.82) is 0 Å². The summed E-state index contributed by atoms with van der Waals surface area (Å²) < 4.78 is 25.9. The maximum Gasteiger partial charge on any atom is 0.494 e. The maximum atomic E-state index is 13.0. The second kappa shape index (κ2) is 12.0. The number of methoxy groups -OCH3 is 1. The molecule has 0 unspecified atom stereocenters. The first-order valence-electron chi connectivity index (χ1n) is 15.2. The molecule has 1 aliphatic rings. The van der Waals surface area contributed by atoms with Crippen LogP contribution in [0.1, 0.15) is 95.6 Å². The number of ether oxygens (including phenoxy) is 2. The van der Waals surface area contributed by atoms with Crippen LogP contribution < -0.4 is 10.8 Å². The molecule has 0 aliphatic carbocycles. The van der Waals surface area contributed by atoms with Gasteiger partial charge in [0.1, 0.15) is 11.6 Å². The summed E-state index contributed by atoms with van der Waals surface area (Å²) in [5.41, 5.74) is 2.73. The minimum atomic E-state index is -2.17. The number of esters is 1. The molecule has 10 heteroatoms. The molecule has 1 amide bonds. The second-order valence-electron chi connectivity index (χ2n) is 14.7. The van der Waals surface area contributed by atoms with E-state index < -0.39 is 50.3 Å². The lowest BCUT2D eigenvalue weighted by molar-refractivity contribution is -0.143. The average molecular weight is 601 g/mol. The highest BCUT2D eigenvalue weighted by atomic mass is 28.3. The van der Waals surface area contributed by atoms with Crippen LogP contribution in [0.5, 0.6) is 0 Å². The molecule has 0 spiro atoms. The number of nitrogens with zero attached hydrogens (tertiary/aromatic N) is 1. The van der Waals surface area contributed by atoms with Gasteiger partial charge in [0.05, 0.1) is 18.3 Å². The first kappa shape index (κ1) is 34.2. The molecule has 42 heavy (non-hydrogen) atoms. The Morgan fingerprint density at radius 1 is 0.976 bits per heavy atom. The fourth-order valence-corrected chi connectivity index (χ4v) is 13.4. The summed E-state index contributed by atoms with van der Waals surface area (Å²) in [5, 5.41) is 3.78. The van der Waals surface area contributed by atoms with Gasteiger partial charge in [0, 0.05) is 17.3 Å². The van der Waals surface area contributed by atoms with E-state index in [9.17, 15) is 9.59 Å². The number of hydrogen-bond donors (Lipinski definition) is 1. The highest BCUT2D eigenvalue weighted by Gasteiger charge is 2.52. The molecule has 1 aromatic heterocycles. The van der Waals surface area contributed by atoms with E-state index in [4.69, 9.17) is 18.8 Å². The lowest BCUT2D eigenvalue weighted by Crippen LogP contribution is -2.51. The number of nitrogens with one attached hydrogen (secondary N) is 1. The third-order valence-electron chi connectivity index (χ3n) is 9.23. The van der Waals surface area contributed by atoms with Gasteiger partial charge >= 0.3 is 19.2 Å². The molecule has 1 fully saturated rings. The van der Waals surface area contributed by atoms with Crippen molar-refractivity contribution < 1.29 is 28.4 Å². The Hall–Kier alpha value is -2.30. The molecule has 1 N–H and O–H groups in total. The standard InChI is InChI=1S/C32H53BN2O6Si/c1-20(2)42(21(3)4,22(5)6)35-19-23(17-26(28(36)38-14)34-29(37)39-30(7,8)9)25-18-24(15-16-27(25)35)33-40-31(10,11)32(12,13)41-33/h15-16,18-22,26H,17H2,1-14H3,(H,34,37)/t26-/m0/s1. The number of amides is 1. The molecule has 0 bridgehead atoms. The molecule has 2 aromatic rings. The van der Waals surface area contributed by atoms with E-state index in [1.165, 1.54) is 7.11 Å². The summed E-state index contributed by atoms with van der Waals surface area (Å²) in [6.07, 6.45) is 1.81. The van der Waals surface area contributed by atoms with Gasteiger partial charge in [0.2, 0.25) is 0 Å². The number of fused-ring (bicyclic) bond motifs is 1. The highest BCUT2D eigenvalue weighted by molar-refractivity contribution is 6.82. The predicted octanol–water partition coefficient (Wildman–Crippen LogP) is 6.57. The fraction of sp³-hybridized carbons (Fsp3) is 0.688. The normalized spacial score (nSPS) is 17.8. The lowest BCUT2D eigenvalue weighted by Gasteiger charge is -2.44. The molecule has 1 atom stereocenters. The highest BCUT2D eigenvalue weighted by Crippen LogP contribution is 2.45. The van der Waals surface area contributed by atoms with Crippen LogP contribution in [0.15, 0.2) is 24.4 Å². The summed E-state index contributed by atoms with van der Waals surface area (Å²) in [5.74, 6) is -0.524. The summed E-state index contributed by atoms with van der Waals surface area (Å²) in [6, 6.07) is 5.48. The van der Waals surface area contributed by atoms with E-state index >= 15 is 0 Å². The summed E-state index contributed by atoms with van der Waals surface area (Å²) in [6.45, 7) is 27.5. The summed E-state index contributed by atoms with van der Waals surface area (Å²) in [7, 11) is -1.35. The third kappa shape index (κ3) is 6.45. The van der Waals surface area contributed by atoms with Crippen LogP contribution in [0.4, 0.5) is 4.79 Å². The van der Waals surface area contributed by atoms with E-state index in [1.807, 2.05) is 27.7 Å². The van der Waals surface area contributed by atoms with Gasteiger partial charge in [-0.3, -0.25) is 0 Å². The monoisotopic (exact) mass is 600 g/mol. The largest absolute Gasteiger partial charge is 0.494 e. The number of rotatable bonds is 9. The van der Waals surface area contributed by atoms with Crippen LogP contribution in [-0.2, 0) is 30.0 Å². The van der Waals surface area contributed by atoms with Crippen LogP contribution in [0.2, 0.25) is 16.6 Å². The van der Waals surface area contributed by atoms with E-state index in [0.717, 1.165) is 21.9 Å². The fourth-order valence-electron chi connectivity index (χ4n) is 6.76. The van der Waals surface area contributed by atoms with Gasteiger partial charge < -0.3 is 28.3 Å². The zero-order valence-corrected chi connectivity index (χ0v) is 29.3. The van der Waals surface area contributed by atoms with Gasteiger partial charge in [-0.15, -0.1) is 0 Å². The number of hydrogen-bond acceptors (Lipinski definition) is 6. The predicted molar refractivity (Wildman–Crippen MR) is 173 cm³/mol. The van der Waals surface area contributed by atoms with Crippen molar-refractivity contribution in [2.45, 2.75) is 136 Å². The first-order chi connectivity index (χ1) is 19.2. The van der Waals surface area contributed by atoms with Gasteiger partial charge in [-0.1, -0.05) is 53.7 Å². The van der Waals surface area contributed by atoms with Crippen LogP contribution in [0.3, 0.4) is 0 Å². The Bertz CT molecular complexity index is 1260. The van der Waals surface area contributed by atoms with Crippen molar-refractivity contribution in [2.75, 3.05) is 7.11 Å². The Morgan fingerprint density at radius 3 is 1.95 bits per heavy atom. The van der Waals surface area contributed by atoms with Gasteiger partial charge in [-0.05, 0) is 88.4 Å². The average Bonchev–Trinajstić information content (AvgIpc) is 3.29. The lowest BCUT2D eigenvalue weighted by atomic mass is 9.78. The molecule has 0 radical (unpaired) electrons. The van der Waals surface area contributed by atoms with E-state index in [0.29, 0.717) is 16.6 Å². The van der Waals surface area contributed by atoms with Crippen molar-refractivity contribution in [1.82, 2.24) is 9.55 Å². The Labute approximate surface area is 254 Å². The molecular weight excluding hydrogens is 547 g/mol. The minimum Gasteiger partial charge on any atom is -0.467 e. The van der Waals surface area contributed by atoms with Gasteiger partial charge in [0.15, 0.2) is 8.24 Å². The van der Waals surface area contributed by atoms with Crippen molar-refractivity contribution in [2.24, 2.45) is 0 Å². The summed E-state index contributed by atoms with van der Waals surface area (Å²) in [4.78, 5) is 25.7. The topological polar surface area (TPSA) is 88.0 Å². The number of carbonyl (C=O) groups is 2. The Morgan fingerprint density at radius 2 is 1.50 bits per heavy atom. The molecule has 1 aromatic carbocycles. The van der Waals surface area contributed by atoms with Gasteiger partial charge in [-0.25, -0.2) is 9.59 Å². The SMILES string of the molecule is COC(=O)[C@H](Cc1cn([Si](C(C)C)(C(C)C)C(C)C)c2ccc(B3OC(C)(C)C(C)(C)O3)cc12)NC(=O)OC(C)(C)C. The quantitative estimate of drug-likeness (QED) is 0.259. The smallest absolute Gasteiger partial charge is 0.467 e. The molecule has 1 aliphatic heterocycles. The molecule has 8 nitrogen and oxygen atoms in total. The van der Waals surface area contributed by atoms with E-state index in [1.54, 1.807) is 20.8 Å². The van der Waals surface area contributed by atoms with Crippen molar-refractivity contribution in [3.05, 3.63) is 30.0 Å². The molecule has 1 saturated heterocycles. The maximum absolute atomic E-state index is 13.0. The third-order valence-corrected chi connectivity index (χ3v) is 16.0. The van der Waals surface area contributed by atoms with Crippen molar-refractivity contribution >= 4 is 43.8 Å². The van der Waals surface area contributed by atoms with Crippen LogP contribution >= 0.6 is 0 Å². The van der Waals surface area contributed by atoms with E-state index in [-0.39, 0.29) is 6.42 Å². The second-order valence-corrected chi connectivity index (χ2v) is 20.4. The van der Waals surface area contributed by atoms with Crippen LogP contribution in [0.25, 0.3) is 10.9 Å². The van der Waals surface area contributed by atoms with Gasteiger partial charge in [-0.2, -0.15) is 0 Å². The van der Waals surface area contributed by atoms with Crippen LogP contribution in [0, 0.1) is 0 Å². The minimum absolute atomic E-state index is 0.251. The number of aromatic nitrogens is 1. The first-order valence-corrected chi connectivity index (χ1v) is 17.4. The molecule has 3 rings (SSSR count). The molecule has 0 saturated carbocycles. The van der Waals surface area contributed by atoms with Crippen molar-refractivity contribution in [3.8, 4) is 0 Å². The summed E-state index contributed by atoms with van der Waals surface area (Å²) >= 11 is 0.